The minimum atomic E-state index is -0.522. The Morgan fingerprint density at radius 1 is 0.967 bits per heavy atom. The Kier molecular flexibility index (Phi) is 8.61. The molecular formula is C22H30FN5O2. The summed E-state index contributed by atoms with van der Waals surface area (Å²) in [5, 5.41) is 8.20. The van der Waals surface area contributed by atoms with Crippen LogP contribution in [-0.2, 0) is 0 Å². The first-order valence-corrected chi connectivity index (χ1v) is 9.99. The summed E-state index contributed by atoms with van der Waals surface area (Å²) in [6.07, 6.45) is 0. The number of amides is 3. The molecule has 0 aliphatic rings. The minimum absolute atomic E-state index is 0.208. The van der Waals surface area contributed by atoms with E-state index in [1.165, 1.54) is 18.2 Å². The Bertz CT molecular complexity index is 868. The Labute approximate surface area is 177 Å². The number of anilines is 3. The average Bonchev–Trinajstić information content (AvgIpc) is 2.70. The maximum Gasteiger partial charge on any atom is 0.323 e. The SMILES string of the molecule is CCN(CC)CCNC(=O)c1cc(NC(=O)Nc2cccc(F)c2)ccc1N(C)C. The third-order valence-corrected chi connectivity index (χ3v) is 4.67. The average molecular weight is 416 g/mol. The highest BCUT2D eigenvalue weighted by molar-refractivity contribution is 6.03. The number of hydrogen-bond donors (Lipinski definition) is 3. The normalized spacial score (nSPS) is 10.6. The first kappa shape index (κ1) is 23.2. The fourth-order valence-electron chi connectivity index (χ4n) is 3.01. The van der Waals surface area contributed by atoms with Crippen LogP contribution in [-0.4, -0.2) is 57.1 Å². The summed E-state index contributed by atoms with van der Waals surface area (Å²) in [4.78, 5) is 29.1. The number of urea groups is 1. The fraction of sp³-hybridized carbons (Fsp3) is 0.364. The molecule has 2 rings (SSSR count). The van der Waals surface area contributed by atoms with Crippen LogP contribution in [0.25, 0.3) is 0 Å². The van der Waals surface area contributed by atoms with Gasteiger partial charge >= 0.3 is 6.03 Å². The van der Waals surface area contributed by atoms with Gasteiger partial charge in [0.05, 0.1) is 5.56 Å². The first-order chi connectivity index (χ1) is 14.3. The molecule has 0 atom stereocenters. The number of hydrogen-bond acceptors (Lipinski definition) is 4. The molecule has 0 aromatic heterocycles. The smallest absolute Gasteiger partial charge is 0.323 e. The molecule has 7 nitrogen and oxygen atoms in total. The minimum Gasteiger partial charge on any atom is -0.377 e. The number of nitrogens with zero attached hydrogens (tertiary/aromatic N) is 2. The van der Waals surface area contributed by atoms with Gasteiger partial charge in [-0.3, -0.25) is 4.79 Å². The van der Waals surface area contributed by atoms with Gasteiger partial charge in [-0.1, -0.05) is 19.9 Å². The predicted molar refractivity (Wildman–Crippen MR) is 120 cm³/mol. The lowest BCUT2D eigenvalue weighted by molar-refractivity contribution is 0.0949. The molecule has 8 heteroatoms. The van der Waals surface area contributed by atoms with Crippen molar-refractivity contribution in [2.45, 2.75) is 13.8 Å². The Morgan fingerprint density at radius 2 is 1.63 bits per heavy atom. The second-order valence-corrected chi connectivity index (χ2v) is 7.00. The van der Waals surface area contributed by atoms with Crippen molar-refractivity contribution in [3.05, 3.63) is 53.8 Å². The van der Waals surface area contributed by atoms with Crippen molar-refractivity contribution in [2.24, 2.45) is 0 Å². The summed E-state index contributed by atoms with van der Waals surface area (Å²) in [5.74, 6) is -0.646. The van der Waals surface area contributed by atoms with Gasteiger partial charge in [-0.25, -0.2) is 9.18 Å². The summed E-state index contributed by atoms with van der Waals surface area (Å²) >= 11 is 0. The van der Waals surface area contributed by atoms with Crippen molar-refractivity contribution < 1.29 is 14.0 Å². The van der Waals surface area contributed by atoms with Gasteiger partial charge < -0.3 is 25.8 Å². The van der Waals surface area contributed by atoms with Crippen LogP contribution in [0, 0.1) is 5.82 Å². The first-order valence-electron chi connectivity index (χ1n) is 9.99. The Balaban J connectivity index is 2.09. The number of benzene rings is 2. The summed E-state index contributed by atoms with van der Waals surface area (Å²) in [5.41, 5.74) is 2.00. The summed E-state index contributed by atoms with van der Waals surface area (Å²) in [6.45, 7) is 7.32. The van der Waals surface area contributed by atoms with E-state index in [4.69, 9.17) is 0 Å². The number of halogens is 1. The maximum atomic E-state index is 13.3. The van der Waals surface area contributed by atoms with Crippen molar-refractivity contribution in [3.8, 4) is 0 Å². The van der Waals surface area contributed by atoms with E-state index in [0.29, 0.717) is 23.5 Å². The van der Waals surface area contributed by atoms with Gasteiger partial charge in [-0.2, -0.15) is 0 Å². The van der Waals surface area contributed by atoms with Gasteiger partial charge in [0.25, 0.3) is 5.91 Å². The van der Waals surface area contributed by atoms with Crippen LogP contribution in [0.4, 0.5) is 26.2 Å². The van der Waals surface area contributed by atoms with Crippen molar-refractivity contribution >= 4 is 29.0 Å². The molecule has 0 spiro atoms. The van der Waals surface area contributed by atoms with Crippen LogP contribution in [0.15, 0.2) is 42.5 Å². The van der Waals surface area contributed by atoms with Gasteiger partial charge in [0, 0.05) is 44.2 Å². The lowest BCUT2D eigenvalue weighted by Gasteiger charge is -2.20. The van der Waals surface area contributed by atoms with E-state index in [2.05, 4.69) is 34.7 Å². The topological polar surface area (TPSA) is 76.7 Å². The van der Waals surface area contributed by atoms with Crippen LogP contribution in [0.2, 0.25) is 0 Å². The predicted octanol–water partition coefficient (Wildman–Crippen LogP) is 3.61. The molecule has 3 amide bonds. The second kappa shape index (κ2) is 11.2. The zero-order chi connectivity index (χ0) is 22.1. The van der Waals surface area contributed by atoms with Gasteiger partial charge in [0.2, 0.25) is 0 Å². The highest BCUT2D eigenvalue weighted by Crippen LogP contribution is 2.23. The van der Waals surface area contributed by atoms with E-state index in [1.807, 2.05) is 19.0 Å². The standard InChI is InChI=1S/C22H30FN5O2/c1-5-28(6-2)13-12-24-21(29)19-15-18(10-11-20(19)27(3)4)26-22(30)25-17-9-7-8-16(23)14-17/h7-11,14-15H,5-6,12-13H2,1-4H3,(H,24,29)(H2,25,26,30). The molecule has 2 aromatic carbocycles. The van der Waals surface area contributed by atoms with Crippen molar-refractivity contribution in [3.63, 3.8) is 0 Å². The third kappa shape index (κ3) is 6.73. The number of carbonyl (C=O) groups is 2. The van der Waals surface area contributed by atoms with Crippen molar-refractivity contribution in [1.29, 1.82) is 0 Å². The molecule has 0 aliphatic carbocycles. The largest absolute Gasteiger partial charge is 0.377 e. The van der Waals surface area contributed by atoms with E-state index in [1.54, 1.807) is 24.3 Å². The van der Waals surface area contributed by atoms with E-state index < -0.39 is 11.8 Å². The van der Waals surface area contributed by atoms with Gasteiger partial charge in [-0.15, -0.1) is 0 Å². The van der Waals surface area contributed by atoms with E-state index in [9.17, 15) is 14.0 Å². The molecule has 0 fully saturated rings. The molecule has 0 bridgehead atoms. The second-order valence-electron chi connectivity index (χ2n) is 7.00. The molecule has 0 radical (unpaired) electrons. The monoisotopic (exact) mass is 415 g/mol. The maximum absolute atomic E-state index is 13.3. The number of carbonyl (C=O) groups excluding carboxylic acids is 2. The van der Waals surface area contributed by atoms with E-state index >= 15 is 0 Å². The molecule has 0 aliphatic heterocycles. The van der Waals surface area contributed by atoms with Gasteiger partial charge in [-0.05, 0) is 49.5 Å². The highest BCUT2D eigenvalue weighted by Gasteiger charge is 2.15. The van der Waals surface area contributed by atoms with Crippen molar-refractivity contribution in [1.82, 2.24) is 10.2 Å². The van der Waals surface area contributed by atoms with Crippen molar-refractivity contribution in [2.75, 3.05) is 55.8 Å². The van der Waals surface area contributed by atoms with Gasteiger partial charge in [0.15, 0.2) is 0 Å². The molecule has 162 valence electrons. The van der Waals surface area contributed by atoms with E-state index in [-0.39, 0.29) is 5.91 Å². The molecule has 30 heavy (non-hydrogen) atoms. The van der Waals surface area contributed by atoms with Crippen LogP contribution in [0.1, 0.15) is 24.2 Å². The molecule has 0 unspecified atom stereocenters. The zero-order valence-corrected chi connectivity index (χ0v) is 18.0. The van der Waals surface area contributed by atoms with Crippen LogP contribution < -0.4 is 20.9 Å². The van der Waals surface area contributed by atoms with Crippen LogP contribution in [0.5, 0.6) is 0 Å². The zero-order valence-electron chi connectivity index (χ0n) is 18.0. The molecular weight excluding hydrogens is 385 g/mol. The highest BCUT2D eigenvalue weighted by atomic mass is 19.1. The number of likely N-dealkylation sites (N-methyl/N-ethyl adjacent to an activating group) is 1. The summed E-state index contributed by atoms with van der Waals surface area (Å²) in [6, 6.07) is 10.2. The van der Waals surface area contributed by atoms with Crippen LogP contribution in [0.3, 0.4) is 0 Å². The fourth-order valence-corrected chi connectivity index (χ4v) is 3.01. The van der Waals surface area contributed by atoms with Gasteiger partial charge in [0.1, 0.15) is 5.82 Å². The lowest BCUT2D eigenvalue weighted by Crippen LogP contribution is -2.35. The summed E-state index contributed by atoms with van der Waals surface area (Å²) in [7, 11) is 3.71. The number of nitrogens with one attached hydrogen (secondary N) is 3. The Hall–Kier alpha value is -3.13. The lowest BCUT2D eigenvalue weighted by atomic mass is 10.1. The quantitative estimate of drug-likeness (QED) is 0.585. The molecule has 0 heterocycles. The van der Waals surface area contributed by atoms with Crippen LogP contribution >= 0.6 is 0 Å². The molecule has 2 aromatic rings. The third-order valence-electron chi connectivity index (χ3n) is 4.67. The molecule has 3 N–H and O–H groups in total. The summed E-state index contributed by atoms with van der Waals surface area (Å²) < 4.78 is 13.3. The molecule has 0 saturated carbocycles. The Morgan fingerprint density at radius 3 is 2.23 bits per heavy atom. The molecule has 0 saturated heterocycles. The number of rotatable bonds is 9. The van der Waals surface area contributed by atoms with E-state index in [0.717, 1.165) is 25.3 Å².